The molecule has 3 rings (SSSR count). The summed E-state index contributed by atoms with van der Waals surface area (Å²) in [6.45, 7) is 1.89. The minimum absolute atomic E-state index is 0.167. The van der Waals surface area contributed by atoms with Crippen LogP contribution in [0.25, 0.3) is 10.9 Å². The van der Waals surface area contributed by atoms with Gasteiger partial charge in [0.15, 0.2) is 0 Å². The second-order valence-corrected chi connectivity index (χ2v) is 6.98. The largest absolute Gasteiger partial charge is 0.465 e. The SMILES string of the molecule is COC(=O)c1cccc2ccn(S(=O)(=O)c3ccc(C)cc3)c12. The first-order valence-electron chi connectivity index (χ1n) is 6.96. The highest BCUT2D eigenvalue weighted by molar-refractivity contribution is 7.90. The van der Waals surface area contributed by atoms with Crippen molar-refractivity contribution in [2.45, 2.75) is 11.8 Å². The normalized spacial score (nSPS) is 11.6. The molecule has 2 aromatic carbocycles. The molecule has 0 fully saturated rings. The van der Waals surface area contributed by atoms with E-state index in [9.17, 15) is 13.2 Å². The van der Waals surface area contributed by atoms with Crippen LogP contribution in [-0.4, -0.2) is 25.5 Å². The third-order valence-corrected chi connectivity index (χ3v) is 5.35. The van der Waals surface area contributed by atoms with Crippen molar-refractivity contribution in [3.63, 3.8) is 0 Å². The van der Waals surface area contributed by atoms with Crippen LogP contribution in [0.2, 0.25) is 0 Å². The molecule has 6 heteroatoms. The van der Waals surface area contributed by atoms with E-state index in [1.54, 1.807) is 48.5 Å². The molecule has 0 amide bonds. The van der Waals surface area contributed by atoms with Gasteiger partial charge in [-0.15, -0.1) is 0 Å². The van der Waals surface area contributed by atoms with Crippen LogP contribution in [0.5, 0.6) is 0 Å². The lowest BCUT2D eigenvalue weighted by atomic mass is 10.1. The van der Waals surface area contributed by atoms with Crippen LogP contribution in [0.15, 0.2) is 59.6 Å². The molecule has 0 atom stereocenters. The number of methoxy groups -OCH3 is 1. The molecule has 3 aromatic rings. The zero-order valence-corrected chi connectivity index (χ0v) is 13.5. The van der Waals surface area contributed by atoms with Crippen molar-refractivity contribution >= 4 is 26.9 Å². The lowest BCUT2D eigenvalue weighted by Gasteiger charge is -2.10. The van der Waals surface area contributed by atoms with E-state index in [1.165, 1.54) is 13.3 Å². The third kappa shape index (κ3) is 2.51. The van der Waals surface area contributed by atoms with Crippen molar-refractivity contribution in [2.24, 2.45) is 0 Å². The number of carbonyl (C=O) groups is 1. The fourth-order valence-electron chi connectivity index (χ4n) is 2.46. The first-order chi connectivity index (χ1) is 10.9. The maximum Gasteiger partial charge on any atom is 0.340 e. The summed E-state index contributed by atoms with van der Waals surface area (Å²) in [5, 5.41) is 0.656. The zero-order chi connectivity index (χ0) is 16.6. The number of aromatic nitrogens is 1. The molecule has 0 unspecified atom stereocenters. The molecule has 0 radical (unpaired) electrons. The van der Waals surface area contributed by atoms with Gasteiger partial charge >= 0.3 is 5.97 Å². The van der Waals surface area contributed by atoms with E-state index >= 15 is 0 Å². The van der Waals surface area contributed by atoms with Gasteiger partial charge in [0.1, 0.15) is 0 Å². The Kier molecular flexibility index (Phi) is 3.69. The number of hydrogen-bond acceptors (Lipinski definition) is 4. The minimum Gasteiger partial charge on any atom is -0.465 e. The first kappa shape index (κ1) is 15.3. The van der Waals surface area contributed by atoms with Gasteiger partial charge in [-0.2, -0.15) is 0 Å². The molecule has 0 spiro atoms. The highest BCUT2D eigenvalue weighted by atomic mass is 32.2. The number of fused-ring (bicyclic) bond motifs is 1. The molecule has 1 aromatic heterocycles. The molecule has 0 bridgehead atoms. The third-order valence-electron chi connectivity index (χ3n) is 3.66. The van der Waals surface area contributed by atoms with Crippen LogP contribution in [-0.2, 0) is 14.8 Å². The number of para-hydroxylation sites is 1. The molecule has 1 heterocycles. The van der Waals surface area contributed by atoms with E-state index in [0.717, 1.165) is 9.54 Å². The highest BCUT2D eigenvalue weighted by Crippen LogP contribution is 2.25. The van der Waals surface area contributed by atoms with Gasteiger partial charge in [-0.05, 0) is 31.2 Å². The summed E-state index contributed by atoms with van der Waals surface area (Å²) in [5.74, 6) is -0.574. The van der Waals surface area contributed by atoms with E-state index in [1.807, 2.05) is 6.92 Å². The summed E-state index contributed by atoms with van der Waals surface area (Å²) >= 11 is 0. The number of hydrogen-bond donors (Lipinski definition) is 0. The Labute approximate surface area is 134 Å². The number of aryl methyl sites for hydroxylation is 1. The summed E-state index contributed by atoms with van der Waals surface area (Å²) in [6.07, 6.45) is 1.45. The second kappa shape index (κ2) is 5.55. The fourth-order valence-corrected chi connectivity index (χ4v) is 3.84. The van der Waals surface area contributed by atoms with Crippen LogP contribution >= 0.6 is 0 Å². The van der Waals surface area contributed by atoms with E-state index in [2.05, 4.69) is 0 Å². The van der Waals surface area contributed by atoms with Crippen LogP contribution in [0.4, 0.5) is 0 Å². The molecule has 0 saturated heterocycles. The van der Waals surface area contributed by atoms with Gasteiger partial charge in [-0.25, -0.2) is 17.2 Å². The molecule has 0 aliphatic rings. The number of nitrogens with zero attached hydrogens (tertiary/aromatic N) is 1. The highest BCUT2D eigenvalue weighted by Gasteiger charge is 2.22. The average Bonchev–Trinajstić information content (AvgIpc) is 2.99. The van der Waals surface area contributed by atoms with Crippen molar-refractivity contribution in [1.82, 2.24) is 3.97 Å². The fraction of sp³-hybridized carbons (Fsp3) is 0.118. The van der Waals surface area contributed by atoms with Gasteiger partial charge in [-0.1, -0.05) is 29.8 Å². The van der Waals surface area contributed by atoms with Crippen LogP contribution in [0, 0.1) is 6.92 Å². The Morgan fingerprint density at radius 1 is 1.04 bits per heavy atom. The van der Waals surface area contributed by atoms with E-state index < -0.39 is 16.0 Å². The maximum atomic E-state index is 12.9. The Hall–Kier alpha value is -2.60. The van der Waals surface area contributed by atoms with Crippen LogP contribution < -0.4 is 0 Å². The molecule has 0 aliphatic carbocycles. The van der Waals surface area contributed by atoms with Gasteiger partial charge in [0.2, 0.25) is 0 Å². The predicted octanol–water partition coefficient (Wildman–Crippen LogP) is 2.97. The van der Waals surface area contributed by atoms with Crippen LogP contribution in [0.1, 0.15) is 15.9 Å². The van der Waals surface area contributed by atoms with Crippen molar-refractivity contribution in [1.29, 1.82) is 0 Å². The first-order valence-corrected chi connectivity index (χ1v) is 8.40. The molecule has 0 saturated carbocycles. The quantitative estimate of drug-likeness (QED) is 0.693. The number of benzene rings is 2. The van der Waals surface area contributed by atoms with Gasteiger partial charge in [0.25, 0.3) is 10.0 Å². The number of ether oxygens (including phenoxy) is 1. The Balaban J connectivity index is 2.28. The smallest absolute Gasteiger partial charge is 0.340 e. The number of esters is 1. The van der Waals surface area contributed by atoms with Crippen molar-refractivity contribution < 1.29 is 17.9 Å². The van der Waals surface area contributed by atoms with Crippen molar-refractivity contribution in [3.05, 3.63) is 65.9 Å². The Morgan fingerprint density at radius 2 is 1.74 bits per heavy atom. The molecule has 0 aliphatic heterocycles. The van der Waals surface area contributed by atoms with E-state index in [4.69, 9.17) is 4.74 Å². The van der Waals surface area contributed by atoms with Gasteiger partial charge in [0.05, 0.1) is 23.1 Å². The molecule has 0 N–H and O–H groups in total. The molecule has 5 nitrogen and oxygen atoms in total. The van der Waals surface area contributed by atoms with Crippen molar-refractivity contribution in [2.75, 3.05) is 7.11 Å². The zero-order valence-electron chi connectivity index (χ0n) is 12.7. The maximum absolute atomic E-state index is 12.9. The van der Waals surface area contributed by atoms with Gasteiger partial charge in [-0.3, -0.25) is 0 Å². The summed E-state index contributed by atoms with van der Waals surface area (Å²) in [7, 11) is -2.53. The summed E-state index contributed by atoms with van der Waals surface area (Å²) in [5.41, 5.74) is 1.50. The summed E-state index contributed by atoms with van der Waals surface area (Å²) in [4.78, 5) is 12.1. The predicted molar refractivity (Wildman–Crippen MR) is 87.0 cm³/mol. The second-order valence-electron chi connectivity index (χ2n) is 5.16. The Bertz CT molecular complexity index is 985. The average molecular weight is 329 g/mol. The number of rotatable bonds is 3. The van der Waals surface area contributed by atoms with Crippen LogP contribution in [0.3, 0.4) is 0 Å². The standard InChI is InChI=1S/C17H15NO4S/c1-12-6-8-14(9-7-12)23(20,21)18-11-10-13-4-3-5-15(16(13)18)17(19)22-2/h3-11H,1-2H3. The van der Waals surface area contributed by atoms with Crippen molar-refractivity contribution in [3.8, 4) is 0 Å². The van der Waals surface area contributed by atoms with E-state index in [0.29, 0.717) is 10.9 Å². The van der Waals surface area contributed by atoms with Gasteiger partial charge < -0.3 is 4.74 Å². The lowest BCUT2D eigenvalue weighted by molar-refractivity contribution is 0.0602. The molecule has 118 valence electrons. The summed E-state index contributed by atoms with van der Waals surface area (Å²) < 4.78 is 31.7. The van der Waals surface area contributed by atoms with E-state index in [-0.39, 0.29) is 10.5 Å². The molecular formula is C17H15NO4S. The molecule has 23 heavy (non-hydrogen) atoms. The summed E-state index contributed by atoms with van der Waals surface area (Å²) in [6, 6.07) is 13.2. The topological polar surface area (TPSA) is 65.4 Å². The minimum atomic E-state index is -3.79. The monoisotopic (exact) mass is 329 g/mol. The molecular weight excluding hydrogens is 314 g/mol. The van der Waals surface area contributed by atoms with Gasteiger partial charge in [0, 0.05) is 11.6 Å². The Morgan fingerprint density at radius 3 is 2.39 bits per heavy atom. The number of carbonyl (C=O) groups excluding carboxylic acids is 1. The lowest BCUT2D eigenvalue weighted by Crippen LogP contribution is -2.14.